The first-order valence-corrected chi connectivity index (χ1v) is 6.93. The Balaban J connectivity index is 1.91. The number of hydrogen-bond acceptors (Lipinski definition) is 3. The predicted octanol–water partition coefficient (Wildman–Crippen LogP) is 2.07. The van der Waals surface area contributed by atoms with Crippen LogP contribution in [-0.2, 0) is 4.79 Å². The Kier molecular flexibility index (Phi) is 2.97. The number of carbonyl (C=O) groups is 1. The second-order valence-electron chi connectivity index (χ2n) is 5.40. The molecule has 1 N–H and O–H groups in total. The standard InChI is InChI=1S/C15H20N2O2/c1-3-9-17-13(16-15(7-8-15)14(17)18)11-5-4-6-12(10-11)19-2/h4-6,10,13,16H,3,7-9H2,1-2H3. The molecule has 1 heterocycles. The Labute approximate surface area is 113 Å². The van der Waals surface area contributed by atoms with Crippen LogP contribution in [0.4, 0.5) is 0 Å². The van der Waals surface area contributed by atoms with Crippen LogP contribution >= 0.6 is 0 Å². The van der Waals surface area contributed by atoms with Gasteiger partial charge in [0, 0.05) is 6.54 Å². The highest BCUT2D eigenvalue weighted by atomic mass is 16.5. The molecule has 1 saturated carbocycles. The first-order valence-electron chi connectivity index (χ1n) is 6.93. The Morgan fingerprint density at radius 3 is 2.89 bits per heavy atom. The quantitative estimate of drug-likeness (QED) is 0.901. The minimum absolute atomic E-state index is 0.00921. The largest absolute Gasteiger partial charge is 0.497 e. The lowest BCUT2D eigenvalue weighted by Crippen LogP contribution is -2.32. The average molecular weight is 260 g/mol. The van der Waals surface area contributed by atoms with Gasteiger partial charge in [-0.25, -0.2) is 0 Å². The van der Waals surface area contributed by atoms with Gasteiger partial charge >= 0.3 is 0 Å². The number of nitrogens with zero attached hydrogens (tertiary/aromatic N) is 1. The molecule has 1 saturated heterocycles. The van der Waals surface area contributed by atoms with E-state index in [0.29, 0.717) is 0 Å². The first kappa shape index (κ1) is 12.5. The van der Waals surface area contributed by atoms with Crippen LogP contribution in [0.15, 0.2) is 24.3 Å². The van der Waals surface area contributed by atoms with Crippen molar-refractivity contribution < 1.29 is 9.53 Å². The zero-order valence-corrected chi connectivity index (χ0v) is 11.5. The van der Waals surface area contributed by atoms with E-state index in [1.165, 1.54) is 0 Å². The summed E-state index contributed by atoms with van der Waals surface area (Å²) in [4.78, 5) is 14.4. The molecule has 4 nitrogen and oxygen atoms in total. The monoisotopic (exact) mass is 260 g/mol. The first-order chi connectivity index (χ1) is 9.20. The molecule has 102 valence electrons. The third kappa shape index (κ3) is 2.00. The zero-order chi connectivity index (χ0) is 13.5. The maximum absolute atomic E-state index is 12.4. The molecule has 1 unspecified atom stereocenters. The van der Waals surface area contributed by atoms with Gasteiger partial charge in [-0.3, -0.25) is 10.1 Å². The molecule has 2 fully saturated rings. The Morgan fingerprint density at radius 1 is 1.47 bits per heavy atom. The normalized spacial score (nSPS) is 24.0. The van der Waals surface area contributed by atoms with Crippen molar-refractivity contribution in [1.82, 2.24) is 10.2 Å². The molecule has 1 aliphatic heterocycles. The molecular weight excluding hydrogens is 240 g/mol. The number of hydrogen-bond donors (Lipinski definition) is 1. The van der Waals surface area contributed by atoms with Crippen molar-refractivity contribution in [2.24, 2.45) is 0 Å². The van der Waals surface area contributed by atoms with Crippen molar-refractivity contribution in [2.45, 2.75) is 37.9 Å². The summed E-state index contributed by atoms with van der Waals surface area (Å²) >= 11 is 0. The van der Waals surface area contributed by atoms with E-state index in [-0.39, 0.29) is 17.6 Å². The number of nitrogens with one attached hydrogen (secondary N) is 1. The summed E-state index contributed by atoms with van der Waals surface area (Å²) in [7, 11) is 1.67. The summed E-state index contributed by atoms with van der Waals surface area (Å²) < 4.78 is 5.27. The molecule has 1 amide bonds. The van der Waals surface area contributed by atoms with E-state index in [0.717, 1.165) is 37.1 Å². The fraction of sp³-hybridized carbons (Fsp3) is 0.533. The van der Waals surface area contributed by atoms with Gasteiger partial charge in [0.05, 0.1) is 7.11 Å². The van der Waals surface area contributed by atoms with Crippen LogP contribution < -0.4 is 10.1 Å². The van der Waals surface area contributed by atoms with Crippen LogP contribution in [0.25, 0.3) is 0 Å². The highest BCUT2D eigenvalue weighted by Gasteiger charge is 2.59. The maximum atomic E-state index is 12.4. The van der Waals surface area contributed by atoms with Gasteiger partial charge in [-0.15, -0.1) is 0 Å². The SMILES string of the molecule is CCCN1C(=O)C2(CC2)NC1c1cccc(OC)c1. The van der Waals surface area contributed by atoms with Gasteiger partial charge < -0.3 is 9.64 Å². The van der Waals surface area contributed by atoms with E-state index in [1.807, 2.05) is 23.1 Å². The van der Waals surface area contributed by atoms with Gasteiger partial charge in [-0.2, -0.15) is 0 Å². The molecule has 1 aliphatic carbocycles. The highest BCUT2D eigenvalue weighted by molar-refractivity contribution is 5.92. The lowest BCUT2D eigenvalue weighted by atomic mass is 10.1. The molecule has 1 aromatic rings. The Hall–Kier alpha value is -1.55. The molecule has 0 radical (unpaired) electrons. The van der Waals surface area contributed by atoms with Crippen molar-refractivity contribution >= 4 is 5.91 Å². The molecule has 3 rings (SSSR count). The summed E-state index contributed by atoms with van der Waals surface area (Å²) in [6.07, 6.45) is 2.90. The molecule has 4 heteroatoms. The molecule has 2 aliphatic rings. The van der Waals surface area contributed by atoms with Crippen LogP contribution in [0, 0.1) is 0 Å². The number of rotatable bonds is 4. The van der Waals surface area contributed by atoms with Crippen LogP contribution in [0.1, 0.15) is 37.9 Å². The molecule has 0 bridgehead atoms. The van der Waals surface area contributed by atoms with Crippen LogP contribution in [-0.4, -0.2) is 30.0 Å². The van der Waals surface area contributed by atoms with Crippen molar-refractivity contribution in [3.8, 4) is 5.75 Å². The second-order valence-corrected chi connectivity index (χ2v) is 5.40. The number of methoxy groups -OCH3 is 1. The molecular formula is C15H20N2O2. The van der Waals surface area contributed by atoms with E-state index < -0.39 is 0 Å². The lowest BCUT2D eigenvalue weighted by Gasteiger charge is -2.24. The van der Waals surface area contributed by atoms with Gasteiger partial charge in [0.15, 0.2) is 0 Å². The number of amides is 1. The van der Waals surface area contributed by atoms with E-state index in [4.69, 9.17) is 4.74 Å². The predicted molar refractivity (Wildman–Crippen MR) is 72.8 cm³/mol. The van der Waals surface area contributed by atoms with Gasteiger partial charge in [0.25, 0.3) is 0 Å². The number of carbonyl (C=O) groups excluding carboxylic acids is 1. The van der Waals surface area contributed by atoms with Gasteiger partial charge in [-0.05, 0) is 37.0 Å². The zero-order valence-electron chi connectivity index (χ0n) is 11.5. The summed E-state index contributed by atoms with van der Waals surface area (Å²) in [5.74, 6) is 1.10. The minimum Gasteiger partial charge on any atom is -0.497 e. The molecule has 1 atom stereocenters. The number of ether oxygens (including phenoxy) is 1. The topological polar surface area (TPSA) is 41.6 Å². The second kappa shape index (κ2) is 4.53. The van der Waals surface area contributed by atoms with Gasteiger partial charge in [0.2, 0.25) is 5.91 Å². The average Bonchev–Trinajstić information content (AvgIpc) is 3.17. The third-order valence-corrected chi connectivity index (χ3v) is 4.02. The summed E-state index contributed by atoms with van der Waals surface area (Å²) in [5.41, 5.74) is 0.841. The fourth-order valence-corrected chi connectivity index (χ4v) is 2.82. The van der Waals surface area contributed by atoms with Gasteiger partial charge in [-0.1, -0.05) is 19.1 Å². The molecule has 19 heavy (non-hydrogen) atoms. The van der Waals surface area contributed by atoms with Crippen molar-refractivity contribution in [1.29, 1.82) is 0 Å². The Bertz CT molecular complexity index is 497. The van der Waals surface area contributed by atoms with E-state index in [1.54, 1.807) is 7.11 Å². The van der Waals surface area contributed by atoms with Crippen molar-refractivity contribution in [3.63, 3.8) is 0 Å². The fourth-order valence-electron chi connectivity index (χ4n) is 2.82. The molecule has 0 aromatic heterocycles. The minimum atomic E-state index is -0.261. The van der Waals surface area contributed by atoms with E-state index >= 15 is 0 Å². The van der Waals surface area contributed by atoms with Crippen LogP contribution in [0.2, 0.25) is 0 Å². The highest BCUT2D eigenvalue weighted by Crippen LogP contribution is 2.46. The maximum Gasteiger partial charge on any atom is 0.244 e. The molecule has 1 aromatic carbocycles. The van der Waals surface area contributed by atoms with Crippen LogP contribution in [0.5, 0.6) is 5.75 Å². The van der Waals surface area contributed by atoms with E-state index in [9.17, 15) is 4.79 Å². The van der Waals surface area contributed by atoms with Crippen LogP contribution in [0.3, 0.4) is 0 Å². The third-order valence-electron chi connectivity index (χ3n) is 4.02. The van der Waals surface area contributed by atoms with Crippen molar-refractivity contribution in [3.05, 3.63) is 29.8 Å². The number of benzene rings is 1. The van der Waals surface area contributed by atoms with Gasteiger partial charge in [0.1, 0.15) is 17.5 Å². The van der Waals surface area contributed by atoms with Crippen molar-refractivity contribution in [2.75, 3.05) is 13.7 Å². The summed E-state index contributed by atoms with van der Waals surface area (Å²) in [6.45, 7) is 2.91. The van der Waals surface area contributed by atoms with E-state index in [2.05, 4.69) is 18.3 Å². The Morgan fingerprint density at radius 2 is 2.26 bits per heavy atom. The molecule has 1 spiro atoms. The smallest absolute Gasteiger partial charge is 0.244 e. The summed E-state index contributed by atoms with van der Waals surface area (Å²) in [5, 5.41) is 3.51. The summed E-state index contributed by atoms with van der Waals surface area (Å²) in [6, 6.07) is 7.96. The lowest BCUT2D eigenvalue weighted by molar-refractivity contribution is -0.130.